The number of non-ortho nitro benzene ring substituents is 1. The standard InChI is InChI=1S/C45H51N5O8Si/c1-28-42(59(3,4)36-18-16-35(57-2)17-19-36)40(24-41(52)48-26-31-9-6-5-8-30(31)22-34(48)27-51)58-45(28)37-23-33(50(55)56)15-20-39(37)49(44(45)54)25-29-11-13-32(14-12-29)47-43(53)38-10-7-21-46-38/h5-6,8-9,11-20,23,28,34,38,40,42,46,51H,7,10,21-22,24-27H2,1-4H3,(H,47,53)/t28-,34+,38-,40+,42-,45+/m1/s1. The van der Waals surface area contributed by atoms with Crippen LogP contribution in [0.3, 0.4) is 0 Å². The molecule has 308 valence electrons. The highest BCUT2D eigenvalue weighted by atomic mass is 28.3. The fourth-order valence-electron chi connectivity index (χ4n) is 10.1. The molecular formula is C45H51N5O8Si. The second-order valence-electron chi connectivity index (χ2n) is 16.9. The van der Waals surface area contributed by atoms with Gasteiger partial charge in [0.15, 0.2) is 5.60 Å². The van der Waals surface area contributed by atoms with Gasteiger partial charge in [-0.2, -0.15) is 0 Å². The van der Waals surface area contributed by atoms with Gasteiger partial charge in [-0.1, -0.05) is 73.7 Å². The molecule has 0 saturated carbocycles. The van der Waals surface area contributed by atoms with Gasteiger partial charge < -0.3 is 35.0 Å². The zero-order chi connectivity index (χ0) is 41.6. The Kier molecular flexibility index (Phi) is 10.9. The number of benzene rings is 4. The normalized spacial score (nSPS) is 24.9. The zero-order valence-electron chi connectivity index (χ0n) is 33.9. The van der Waals surface area contributed by atoms with E-state index in [1.54, 1.807) is 23.0 Å². The number of carbonyl (C=O) groups is 3. The van der Waals surface area contributed by atoms with Gasteiger partial charge >= 0.3 is 0 Å². The molecule has 0 aromatic heterocycles. The van der Waals surface area contributed by atoms with Gasteiger partial charge in [-0.25, -0.2) is 0 Å². The van der Waals surface area contributed by atoms with Crippen LogP contribution in [0.2, 0.25) is 18.6 Å². The van der Waals surface area contributed by atoms with Crippen LogP contribution in [0.1, 0.15) is 48.4 Å². The number of rotatable bonds is 11. The topological polar surface area (TPSA) is 164 Å². The monoisotopic (exact) mass is 817 g/mol. The van der Waals surface area contributed by atoms with Gasteiger partial charge in [-0.05, 0) is 78.4 Å². The maximum atomic E-state index is 15.3. The minimum atomic E-state index is -2.66. The van der Waals surface area contributed by atoms with Crippen LogP contribution in [0.15, 0.2) is 91.0 Å². The van der Waals surface area contributed by atoms with Gasteiger partial charge in [0.2, 0.25) is 11.8 Å². The average Bonchev–Trinajstić information content (AvgIpc) is 3.95. The predicted molar refractivity (Wildman–Crippen MR) is 226 cm³/mol. The molecule has 1 spiro atoms. The van der Waals surface area contributed by atoms with Gasteiger partial charge in [0, 0.05) is 35.8 Å². The van der Waals surface area contributed by atoms with E-state index in [9.17, 15) is 24.8 Å². The van der Waals surface area contributed by atoms with Gasteiger partial charge in [-0.15, -0.1) is 0 Å². The number of ether oxygens (including phenoxy) is 2. The number of nitrogens with zero attached hydrogens (tertiary/aromatic N) is 3. The molecule has 6 atom stereocenters. The summed E-state index contributed by atoms with van der Waals surface area (Å²) >= 11 is 0. The summed E-state index contributed by atoms with van der Waals surface area (Å²) in [7, 11) is -1.04. The molecule has 2 saturated heterocycles. The van der Waals surface area contributed by atoms with E-state index in [-0.39, 0.29) is 54.6 Å². The van der Waals surface area contributed by atoms with Crippen LogP contribution in [0, 0.1) is 16.0 Å². The van der Waals surface area contributed by atoms with Crippen LogP contribution in [0.4, 0.5) is 17.1 Å². The molecule has 4 aromatic carbocycles. The number of methoxy groups -OCH3 is 1. The molecule has 0 unspecified atom stereocenters. The maximum absolute atomic E-state index is 15.3. The molecular weight excluding hydrogens is 767 g/mol. The van der Waals surface area contributed by atoms with Gasteiger partial charge in [0.25, 0.3) is 11.6 Å². The Hall–Kier alpha value is -5.41. The minimum Gasteiger partial charge on any atom is -0.497 e. The quantitative estimate of drug-likeness (QED) is 0.102. The highest BCUT2D eigenvalue weighted by molar-refractivity contribution is 6.91. The van der Waals surface area contributed by atoms with E-state index in [1.165, 1.54) is 12.1 Å². The minimum absolute atomic E-state index is 0.0386. The van der Waals surface area contributed by atoms with E-state index in [1.807, 2.05) is 79.7 Å². The number of anilines is 2. The number of amides is 3. The lowest BCUT2D eigenvalue weighted by Gasteiger charge is -2.39. The first kappa shape index (κ1) is 40.4. The summed E-state index contributed by atoms with van der Waals surface area (Å²) in [6.45, 7) is 7.54. The molecule has 59 heavy (non-hydrogen) atoms. The lowest BCUT2D eigenvalue weighted by Crippen LogP contribution is -2.52. The largest absolute Gasteiger partial charge is 0.497 e. The summed E-state index contributed by atoms with van der Waals surface area (Å²) in [5.74, 6) is -0.406. The average molecular weight is 818 g/mol. The second-order valence-corrected chi connectivity index (χ2v) is 21.6. The lowest BCUT2D eigenvalue weighted by molar-refractivity contribution is -0.385. The maximum Gasteiger partial charge on any atom is 0.269 e. The number of nitro groups is 1. The highest BCUT2D eigenvalue weighted by Crippen LogP contribution is 2.60. The Morgan fingerprint density at radius 1 is 1.05 bits per heavy atom. The van der Waals surface area contributed by atoms with Crippen molar-refractivity contribution in [3.63, 3.8) is 0 Å². The van der Waals surface area contributed by atoms with Crippen LogP contribution in [0.25, 0.3) is 0 Å². The van der Waals surface area contributed by atoms with Crippen molar-refractivity contribution in [3.05, 3.63) is 123 Å². The number of fused-ring (bicyclic) bond motifs is 3. The number of aliphatic hydroxyl groups excluding tert-OH is 1. The summed E-state index contributed by atoms with van der Waals surface area (Å²) in [5, 5.41) is 30.0. The van der Waals surface area contributed by atoms with E-state index in [0.717, 1.165) is 41.3 Å². The van der Waals surface area contributed by atoms with Crippen LogP contribution in [-0.2, 0) is 44.2 Å². The number of nitrogens with one attached hydrogen (secondary N) is 2. The van der Waals surface area contributed by atoms with Crippen molar-refractivity contribution in [1.82, 2.24) is 10.2 Å². The molecule has 14 heteroatoms. The van der Waals surface area contributed by atoms with Gasteiger partial charge in [0.05, 0.1) is 63.6 Å². The van der Waals surface area contributed by atoms with Gasteiger partial charge in [-0.3, -0.25) is 24.5 Å². The Bertz CT molecular complexity index is 2260. The number of hydrogen-bond acceptors (Lipinski definition) is 9. The lowest BCUT2D eigenvalue weighted by atomic mass is 9.82. The van der Waals surface area contributed by atoms with Crippen LogP contribution >= 0.6 is 0 Å². The smallest absolute Gasteiger partial charge is 0.269 e. The molecule has 4 aliphatic rings. The van der Waals surface area contributed by atoms with E-state index in [0.29, 0.717) is 35.7 Å². The molecule has 2 fully saturated rings. The van der Waals surface area contributed by atoms with Gasteiger partial charge in [0.1, 0.15) is 5.75 Å². The third kappa shape index (κ3) is 7.21. The Morgan fingerprint density at radius 3 is 2.44 bits per heavy atom. The molecule has 3 N–H and O–H groups in total. The van der Waals surface area contributed by atoms with Crippen LogP contribution < -0.4 is 25.5 Å². The Morgan fingerprint density at radius 2 is 1.78 bits per heavy atom. The van der Waals surface area contributed by atoms with Crippen molar-refractivity contribution in [2.24, 2.45) is 5.92 Å². The first-order chi connectivity index (χ1) is 28.3. The second kappa shape index (κ2) is 16.0. The fraction of sp³-hybridized carbons (Fsp3) is 0.400. The molecule has 8 rings (SSSR count). The van der Waals surface area contributed by atoms with E-state index in [2.05, 4.69) is 23.7 Å². The van der Waals surface area contributed by atoms with E-state index >= 15 is 4.79 Å². The molecule has 0 aliphatic carbocycles. The van der Waals surface area contributed by atoms with Crippen LogP contribution in [0.5, 0.6) is 5.75 Å². The highest BCUT2D eigenvalue weighted by Gasteiger charge is 2.67. The van der Waals surface area contributed by atoms with E-state index < -0.39 is 36.7 Å². The van der Waals surface area contributed by atoms with Crippen molar-refractivity contribution < 1.29 is 33.9 Å². The summed E-state index contributed by atoms with van der Waals surface area (Å²) in [6.07, 6.45) is 1.49. The zero-order valence-corrected chi connectivity index (χ0v) is 34.9. The number of carbonyl (C=O) groups excluding carboxylic acids is 3. The van der Waals surface area contributed by atoms with Crippen molar-refractivity contribution in [3.8, 4) is 5.75 Å². The third-order valence-electron chi connectivity index (χ3n) is 13.2. The van der Waals surface area contributed by atoms with Crippen molar-refractivity contribution in [2.45, 2.75) is 88.1 Å². The van der Waals surface area contributed by atoms with Crippen molar-refractivity contribution in [1.29, 1.82) is 0 Å². The van der Waals surface area contributed by atoms with E-state index in [4.69, 9.17) is 9.47 Å². The van der Waals surface area contributed by atoms with Crippen LogP contribution in [-0.4, -0.2) is 79.2 Å². The van der Waals surface area contributed by atoms with Crippen molar-refractivity contribution >= 4 is 48.0 Å². The Balaban J connectivity index is 1.16. The number of aliphatic hydroxyl groups is 1. The summed E-state index contributed by atoms with van der Waals surface area (Å²) in [4.78, 5) is 57.9. The SMILES string of the molecule is COc1ccc([Si](C)(C)[C@H]2[C@H](CC(=O)N3Cc4ccccc4C[C@H]3CO)O[C@@]3(C(=O)N(Cc4ccc(NC(=O)[C@H]5CCCN5)cc4)c4ccc([N+](=O)[O-])cc43)[C@@H]2C)cc1. The molecule has 4 heterocycles. The Labute approximate surface area is 344 Å². The predicted octanol–water partition coefficient (Wildman–Crippen LogP) is 5.39. The fourth-order valence-corrected chi connectivity index (χ4v) is 14.1. The molecule has 0 bridgehead atoms. The third-order valence-corrected chi connectivity index (χ3v) is 17.6. The molecule has 3 amide bonds. The summed E-state index contributed by atoms with van der Waals surface area (Å²) < 4.78 is 12.6. The summed E-state index contributed by atoms with van der Waals surface area (Å²) in [6, 6.07) is 27.0. The van der Waals surface area contributed by atoms with Crippen molar-refractivity contribution in [2.75, 3.05) is 30.5 Å². The molecule has 4 aromatic rings. The number of hydrogen-bond donors (Lipinski definition) is 3. The molecule has 13 nitrogen and oxygen atoms in total. The molecule has 4 aliphatic heterocycles. The first-order valence-electron chi connectivity index (χ1n) is 20.4. The number of nitro benzene ring substituents is 1. The first-order valence-corrected chi connectivity index (χ1v) is 23.5. The molecule has 0 radical (unpaired) electrons. The summed E-state index contributed by atoms with van der Waals surface area (Å²) in [5.41, 5.74) is 2.40.